The standard InChI is InChI=1S/C21H24N2O3/c24-20(22-11-13-26-14-12-22)17-7-4-10-23(15-17)21(25)19-9-3-6-16-5-1-2-8-18(16)19/h1-3,5-6,8-9,17H,4,7,10-15H2. The molecule has 4 rings (SSSR count). The summed E-state index contributed by atoms with van der Waals surface area (Å²) in [7, 11) is 0. The zero-order valence-corrected chi connectivity index (χ0v) is 14.9. The summed E-state index contributed by atoms with van der Waals surface area (Å²) < 4.78 is 5.34. The fraction of sp³-hybridized carbons (Fsp3) is 0.429. The van der Waals surface area contributed by atoms with Crippen LogP contribution in [0.25, 0.3) is 10.8 Å². The first-order chi connectivity index (χ1) is 12.7. The van der Waals surface area contributed by atoms with Gasteiger partial charge < -0.3 is 14.5 Å². The number of hydrogen-bond acceptors (Lipinski definition) is 3. The SMILES string of the molecule is O=C(c1cccc2ccccc12)N1CCCC(C(=O)N2CCOCC2)C1. The van der Waals surface area contributed by atoms with E-state index in [2.05, 4.69) is 0 Å². The van der Waals surface area contributed by atoms with Gasteiger partial charge in [0.15, 0.2) is 0 Å². The van der Waals surface area contributed by atoms with Gasteiger partial charge in [0, 0.05) is 31.7 Å². The lowest BCUT2D eigenvalue weighted by Crippen LogP contribution is -2.49. The summed E-state index contributed by atoms with van der Waals surface area (Å²) in [6.45, 7) is 3.76. The van der Waals surface area contributed by atoms with Crippen LogP contribution in [0.2, 0.25) is 0 Å². The van der Waals surface area contributed by atoms with Crippen molar-refractivity contribution < 1.29 is 14.3 Å². The second-order valence-corrected chi connectivity index (χ2v) is 7.05. The molecule has 136 valence electrons. The Kier molecular flexibility index (Phi) is 4.89. The molecule has 0 spiro atoms. The van der Waals surface area contributed by atoms with Gasteiger partial charge in [-0.15, -0.1) is 0 Å². The van der Waals surface area contributed by atoms with Crippen molar-refractivity contribution in [3.05, 3.63) is 48.0 Å². The summed E-state index contributed by atoms with van der Waals surface area (Å²) in [6, 6.07) is 13.8. The summed E-state index contributed by atoms with van der Waals surface area (Å²) >= 11 is 0. The van der Waals surface area contributed by atoms with Crippen molar-refractivity contribution in [1.82, 2.24) is 9.80 Å². The van der Waals surface area contributed by atoms with Crippen LogP contribution in [-0.2, 0) is 9.53 Å². The number of amides is 2. The van der Waals surface area contributed by atoms with E-state index in [0.717, 1.165) is 35.7 Å². The fourth-order valence-electron chi connectivity index (χ4n) is 3.99. The smallest absolute Gasteiger partial charge is 0.254 e. The second-order valence-electron chi connectivity index (χ2n) is 7.05. The third-order valence-corrected chi connectivity index (χ3v) is 5.40. The molecule has 1 unspecified atom stereocenters. The van der Waals surface area contributed by atoms with Crippen LogP contribution in [0.1, 0.15) is 23.2 Å². The number of fused-ring (bicyclic) bond motifs is 1. The quantitative estimate of drug-likeness (QED) is 0.835. The van der Waals surface area contributed by atoms with Crippen LogP contribution in [0, 0.1) is 5.92 Å². The van der Waals surface area contributed by atoms with Crippen LogP contribution in [0.15, 0.2) is 42.5 Å². The highest BCUT2D eigenvalue weighted by Crippen LogP contribution is 2.24. The molecule has 2 aliphatic rings. The summed E-state index contributed by atoms with van der Waals surface area (Å²) in [5.41, 5.74) is 0.725. The molecule has 5 heteroatoms. The Morgan fingerprint density at radius 1 is 0.923 bits per heavy atom. The largest absolute Gasteiger partial charge is 0.378 e. The van der Waals surface area contributed by atoms with Crippen molar-refractivity contribution in [2.24, 2.45) is 5.92 Å². The van der Waals surface area contributed by atoms with Crippen LogP contribution in [0.4, 0.5) is 0 Å². The topological polar surface area (TPSA) is 49.9 Å². The number of carbonyl (C=O) groups excluding carboxylic acids is 2. The molecular weight excluding hydrogens is 328 g/mol. The number of piperidine rings is 1. The van der Waals surface area contributed by atoms with Crippen molar-refractivity contribution in [2.45, 2.75) is 12.8 Å². The maximum absolute atomic E-state index is 13.1. The maximum Gasteiger partial charge on any atom is 0.254 e. The Balaban J connectivity index is 1.52. The van der Waals surface area contributed by atoms with Crippen LogP contribution in [0.3, 0.4) is 0 Å². The maximum atomic E-state index is 13.1. The highest BCUT2D eigenvalue weighted by Gasteiger charge is 2.32. The number of nitrogens with zero attached hydrogens (tertiary/aromatic N) is 2. The molecular formula is C21H24N2O3. The number of benzene rings is 2. The molecule has 2 saturated heterocycles. The van der Waals surface area contributed by atoms with Gasteiger partial charge in [-0.2, -0.15) is 0 Å². The summed E-state index contributed by atoms with van der Waals surface area (Å²) in [5, 5.41) is 2.04. The first-order valence-electron chi connectivity index (χ1n) is 9.37. The van der Waals surface area contributed by atoms with Gasteiger partial charge in [-0.05, 0) is 29.7 Å². The van der Waals surface area contributed by atoms with Crippen LogP contribution >= 0.6 is 0 Å². The van der Waals surface area contributed by atoms with E-state index in [1.165, 1.54) is 0 Å². The summed E-state index contributed by atoms with van der Waals surface area (Å²) in [4.78, 5) is 29.7. The van der Waals surface area contributed by atoms with Gasteiger partial charge in [-0.1, -0.05) is 36.4 Å². The zero-order chi connectivity index (χ0) is 17.9. The number of likely N-dealkylation sites (tertiary alicyclic amines) is 1. The predicted molar refractivity (Wildman–Crippen MR) is 100.0 cm³/mol. The molecule has 2 heterocycles. The van der Waals surface area contributed by atoms with Crippen molar-refractivity contribution in [1.29, 1.82) is 0 Å². The van der Waals surface area contributed by atoms with E-state index in [1.54, 1.807) is 0 Å². The van der Waals surface area contributed by atoms with Gasteiger partial charge in [0.1, 0.15) is 0 Å². The Hall–Kier alpha value is -2.40. The minimum Gasteiger partial charge on any atom is -0.378 e. The van der Waals surface area contributed by atoms with Crippen molar-refractivity contribution in [2.75, 3.05) is 39.4 Å². The molecule has 0 radical (unpaired) electrons. The molecule has 26 heavy (non-hydrogen) atoms. The molecule has 2 aromatic rings. The highest BCUT2D eigenvalue weighted by molar-refractivity contribution is 6.07. The van der Waals surface area contributed by atoms with Gasteiger partial charge in [0.05, 0.1) is 19.1 Å². The Morgan fingerprint density at radius 2 is 1.69 bits per heavy atom. The van der Waals surface area contributed by atoms with Gasteiger partial charge in [-0.25, -0.2) is 0 Å². The van der Waals surface area contributed by atoms with E-state index in [-0.39, 0.29) is 17.7 Å². The van der Waals surface area contributed by atoms with Gasteiger partial charge >= 0.3 is 0 Å². The average Bonchev–Trinajstić information content (AvgIpc) is 2.73. The summed E-state index contributed by atoms with van der Waals surface area (Å²) in [6.07, 6.45) is 1.73. The summed E-state index contributed by atoms with van der Waals surface area (Å²) in [5.74, 6) is 0.103. The first-order valence-corrected chi connectivity index (χ1v) is 9.37. The lowest BCUT2D eigenvalue weighted by molar-refractivity contribution is -0.141. The van der Waals surface area contributed by atoms with Gasteiger partial charge in [-0.3, -0.25) is 9.59 Å². The third-order valence-electron chi connectivity index (χ3n) is 5.40. The normalized spacial score (nSPS) is 21.0. The van der Waals surface area contributed by atoms with E-state index in [0.29, 0.717) is 32.8 Å². The van der Waals surface area contributed by atoms with Gasteiger partial charge in [0.25, 0.3) is 5.91 Å². The molecule has 0 saturated carbocycles. The van der Waals surface area contributed by atoms with E-state index < -0.39 is 0 Å². The number of morpholine rings is 1. The predicted octanol–water partition coefficient (Wildman–Crippen LogP) is 2.55. The Morgan fingerprint density at radius 3 is 2.54 bits per heavy atom. The Labute approximate surface area is 153 Å². The molecule has 0 N–H and O–H groups in total. The molecule has 2 aliphatic heterocycles. The Bertz CT molecular complexity index is 809. The molecule has 2 fully saturated rings. The average molecular weight is 352 g/mol. The zero-order valence-electron chi connectivity index (χ0n) is 14.9. The number of hydrogen-bond donors (Lipinski definition) is 0. The lowest BCUT2D eigenvalue weighted by Gasteiger charge is -2.36. The van der Waals surface area contributed by atoms with Gasteiger partial charge in [0.2, 0.25) is 5.91 Å². The number of carbonyl (C=O) groups is 2. The monoisotopic (exact) mass is 352 g/mol. The third kappa shape index (κ3) is 3.31. The second kappa shape index (κ2) is 7.46. The molecule has 0 aromatic heterocycles. The number of ether oxygens (including phenoxy) is 1. The molecule has 2 aromatic carbocycles. The van der Waals surface area contributed by atoms with Crippen LogP contribution in [0.5, 0.6) is 0 Å². The van der Waals surface area contributed by atoms with Crippen LogP contribution in [-0.4, -0.2) is 61.0 Å². The van der Waals surface area contributed by atoms with E-state index in [4.69, 9.17) is 4.74 Å². The van der Waals surface area contributed by atoms with E-state index in [9.17, 15) is 9.59 Å². The van der Waals surface area contributed by atoms with Crippen molar-refractivity contribution >= 4 is 22.6 Å². The molecule has 2 amide bonds. The minimum atomic E-state index is -0.0965. The molecule has 0 aliphatic carbocycles. The lowest BCUT2D eigenvalue weighted by atomic mass is 9.95. The van der Waals surface area contributed by atoms with Crippen molar-refractivity contribution in [3.8, 4) is 0 Å². The first kappa shape index (κ1) is 17.0. The van der Waals surface area contributed by atoms with E-state index >= 15 is 0 Å². The molecule has 0 bridgehead atoms. The van der Waals surface area contributed by atoms with Crippen LogP contribution < -0.4 is 0 Å². The van der Waals surface area contributed by atoms with E-state index in [1.807, 2.05) is 52.3 Å². The highest BCUT2D eigenvalue weighted by atomic mass is 16.5. The van der Waals surface area contributed by atoms with Crippen molar-refractivity contribution in [3.63, 3.8) is 0 Å². The fourth-order valence-corrected chi connectivity index (χ4v) is 3.99. The molecule has 1 atom stereocenters. The molecule has 5 nitrogen and oxygen atoms in total. The number of rotatable bonds is 2. The minimum absolute atomic E-state index is 0.0290.